The molecule has 0 radical (unpaired) electrons. The molecular weight excluding hydrogens is 184 g/mol. The van der Waals surface area contributed by atoms with Crippen molar-refractivity contribution in [3.63, 3.8) is 0 Å². The third kappa shape index (κ3) is 3.56. The minimum absolute atomic E-state index is 0.0225. The molecule has 1 aliphatic rings. The van der Waals surface area contributed by atoms with Gasteiger partial charge in [0.25, 0.3) is 0 Å². The molecule has 1 amide bonds. The number of carbonyl (C=O) groups excluding carboxylic acids is 1. The van der Waals surface area contributed by atoms with E-state index in [0.717, 1.165) is 30.8 Å². The largest absolute Gasteiger partial charge is 0.351 e. The predicted octanol–water partition coefficient (Wildman–Crippen LogP) is 0.735. The van der Waals surface area contributed by atoms with Crippen LogP contribution < -0.4 is 11.1 Å². The van der Waals surface area contributed by atoms with Crippen molar-refractivity contribution in [1.29, 1.82) is 0 Å². The summed E-state index contributed by atoms with van der Waals surface area (Å²) in [5.41, 5.74) is 5.69. The van der Waals surface area contributed by atoms with Gasteiger partial charge in [-0.1, -0.05) is 13.3 Å². The van der Waals surface area contributed by atoms with Crippen LogP contribution in [0.4, 0.5) is 0 Å². The van der Waals surface area contributed by atoms with Crippen molar-refractivity contribution in [2.24, 2.45) is 5.73 Å². The molecule has 1 fully saturated rings. The number of hydrogen-bond donors (Lipinski definition) is 2. The Morgan fingerprint density at radius 2 is 2.54 bits per heavy atom. The molecule has 13 heavy (non-hydrogen) atoms. The molecule has 0 aromatic rings. The molecule has 0 aromatic heterocycles. The van der Waals surface area contributed by atoms with Gasteiger partial charge in [0.1, 0.15) is 0 Å². The fourth-order valence-corrected chi connectivity index (χ4v) is 2.55. The van der Waals surface area contributed by atoms with Gasteiger partial charge in [-0.3, -0.25) is 4.79 Å². The second kappa shape index (κ2) is 5.50. The number of nitrogens with one attached hydrogen (secondary N) is 1. The molecule has 4 heteroatoms. The average molecular weight is 202 g/mol. The molecule has 0 bridgehead atoms. The van der Waals surface area contributed by atoms with Crippen LogP contribution >= 0.6 is 11.8 Å². The fraction of sp³-hybridized carbons (Fsp3) is 0.889. The van der Waals surface area contributed by atoms with Gasteiger partial charge >= 0.3 is 0 Å². The zero-order valence-electron chi connectivity index (χ0n) is 8.08. The van der Waals surface area contributed by atoms with Gasteiger partial charge in [0.15, 0.2) is 0 Å². The average Bonchev–Trinajstić information content (AvgIpc) is 2.57. The molecule has 1 saturated heterocycles. The van der Waals surface area contributed by atoms with Crippen molar-refractivity contribution in [3.05, 3.63) is 0 Å². The summed E-state index contributed by atoms with van der Waals surface area (Å²) < 4.78 is 0. The van der Waals surface area contributed by atoms with E-state index in [9.17, 15) is 4.79 Å². The minimum Gasteiger partial charge on any atom is -0.351 e. The van der Waals surface area contributed by atoms with Crippen LogP contribution in [-0.4, -0.2) is 29.5 Å². The van der Waals surface area contributed by atoms with Crippen molar-refractivity contribution >= 4 is 17.7 Å². The first-order chi connectivity index (χ1) is 6.24. The molecule has 1 rings (SSSR count). The molecule has 0 saturated carbocycles. The molecule has 2 atom stereocenters. The molecule has 2 unspecified atom stereocenters. The number of amides is 1. The number of hydrogen-bond acceptors (Lipinski definition) is 3. The summed E-state index contributed by atoms with van der Waals surface area (Å²) in [5.74, 6) is 2.23. The van der Waals surface area contributed by atoms with E-state index in [2.05, 4.69) is 5.32 Å². The third-order valence-electron chi connectivity index (χ3n) is 2.21. The zero-order chi connectivity index (χ0) is 9.68. The van der Waals surface area contributed by atoms with Gasteiger partial charge in [0, 0.05) is 11.8 Å². The Labute approximate surface area is 83.8 Å². The lowest BCUT2D eigenvalue weighted by Gasteiger charge is -2.15. The van der Waals surface area contributed by atoms with Gasteiger partial charge in [0.05, 0.1) is 6.04 Å². The maximum absolute atomic E-state index is 11.4. The molecular formula is C9H18N2OS. The number of nitrogens with two attached hydrogens (primary N) is 1. The highest BCUT2D eigenvalue weighted by molar-refractivity contribution is 7.99. The van der Waals surface area contributed by atoms with Crippen LogP contribution in [0.2, 0.25) is 0 Å². The number of carbonyl (C=O) groups is 1. The normalized spacial score (nSPS) is 24.3. The summed E-state index contributed by atoms with van der Waals surface area (Å²) in [4.78, 5) is 11.4. The second-order valence-corrected chi connectivity index (χ2v) is 4.61. The SMILES string of the molecule is CCCC(N)C(=O)NC1CCSC1. The van der Waals surface area contributed by atoms with Crippen molar-refractivity contribution in [2.75, 3.05) is 11.5 Å². The van der Waals surface area contributed by atoms with E-state index >= 15 is 0 Å². The van der Waals surface area contributed by atoms with E-state index in [4.69, 9.17) is 5.73 Å². The van der Waals surface area contributed by atoms with Gasteiger partial charge in [-0.05, 0) is 18.6 Å². The molecule has 0 spiro atoms. The van der Waals surface area contributed by atoms with E-state index in [1.54, 1.807) is 0 Å². The Balaban J connectivity index is 2.22. The van der Waals surface area contributed by atoms with Crippen LogP contribution in [0.5, 0.6) is 0 Å². The lowest BCUT2D eigenvalue weighted by molar-refractivity contribution is -0.123. The van der Waals surface area contributed by atoms with Crippen LogP contribution in [0.3, 0.4) is 0 Å². The Morgan fingerprint density at radius 3 is 3.08 bits per heavy atom. The first kappa shape index (κ1) is 10.9. The standard InChI is InChI=1S/C9H18N2OS/c1-2-3-8(10)9(12)11-7-4-5-13-6-7/h7-8H,2-6,10H2,1H3,(H,11,12). The van der Waals surface area contributed by atoms with Gasteiger partial charge < -0.3 is 11.1 Å². The summed E-state index contributed by atoms with van der Waals surface area (Å²) in [5, 5.41) is 2.98. The minimum atomic E-state index is -0.310. The van der Waals surface area contributed by atoms with E-state index < -0.39 is 0 Å². The van der Waals surface area contributed by atoms with Crippen LogP contribution in [0, 0.1) is 0 Å². The maximum Gasteiger partial charge on any atom is 0.237 e. The van der Waals surface area contributed by atoms with E-state index in [1.165, 1.54) is 0 Å². The van der Waals surface area contributed by atoms with Crippen LogP contribution in [0.25, 0.3) is 0 Å². The van der Waals surface area contributed by atoms with Gasteiger partial charge in [-0.2, -0.15) is 11.8 Å². The van der Waals surface area contributed by atoms with E-state index in [0.29, 0.717) is 6.04 Å². The maximum atomic E-state index is 11.4. The summed E-state index contributed by atoms with van der Waals surface area (Å²) in [6.07, 6.45) is 2.84. The monoisotopic (exact) mass is 202 g/mol. The van der Waals surface area contributed by atoms with Crippen molar-refractivity contribution in [3.8, 4) is 0 Å². The van der Waals surface area contributed by atoms with Crippen LogP contribution in [-0.2, 0) is 4.79 Å². The molecule has 0 aromatic carbocycles. The molecule has 1 heterocycles. The first-order valence-electron chi connectivity index (χ1n) is 4.87. The van der Waals surface area contributed by atoms with E-state index in [-0.39, 0.29) is 11.9 Å². The Kier molecular flexibility index (Phi) is 4.59. The highest BCUT2D eigenvalue weighted by Gasteiger charge is 2.20. The Hall–Kier alpha value is -0.220. The molecule has 1 aliphatic heterocycles. The Bertz CT molecular complexity index is 169. The highest BCUT2D eigenvalue weighted by Crippen LogP contribution is 2.16. The van der Waals surface area contributed by atoms with Gasteiger partial charge in [0.2, 0.25) is 5.91 Å². The highest BCUT2D eigenvalue weighted by atomic mass is 32.2. The predicted molar refractivity (Wildman–Crippen MR) is 56.8 cm³/mol. The number of thioether (sulfide) groups is 1. The summed E-state index contributed by atoms with van der Waals surface area (Å²) in [7, 11) is 0. The number of rotatable bonds is 4. The van der Waals surface area contributed by atoms with Crippen molar-refractivity contribution in [1.82, 2.24) is 5.32 Å². The molecule has 76 valence electrons. The third-order valence-corrected chi connectivity index (χ3v) is 3.37. The molecule has 3 N–H and O–H groups in total. The fourth-order valence-electron chi connectivity index (χ4n) is 1.40. The Morgan fingerprint density at radius 1 is 1.77 bits per heavy atom. The smallest absolute Gasteiger partial charge is 0.237 e. The van der Waals surface area contributed by atoms with Crippen LogP contribution in [0.1, 0.15) is 26.2 Å². The zero-order valence-corrected chi connectivity index (χ0v) is 8.90. The molecule has 0 aliphatic carbocycles. The first-order valence-corrected chi connectivity index (χ1v) is 6.03. The topological polar surface area (TPSA) is 55.1 Å². The lowest BCUT2D eigenvalue weighted by atomic mass is 10.1. The van der Waals surface area contributed by atoms with Crippen molar-refractivity contribution < 1.29 is 4.79 Å². The van der Waals surface area contributed by atoms with Gasteiger partial charge in [-0.15, -0.1) is 0 Å². The lowest BCUT2D eigenvalue weighted by Crippen LogP contribution is -2.45. The summed E-state index contributed by atoms with van der Waals surface area (Å²) in [6.45, 7) is 2.04. The summed E-state index contributed by atoms with van der Waals surface area (Å²) >= 11 is 1.89. The second-order valence-electron chi connectivity index (χ2n) is 3.46. The quantitative estimate of drug-likeness (QED) is 0.707. The van der Waals surface area contributed by atoms with E-state index in [1.807, 2.05) is 18.7 Å². The van der Waals surface area contributed by atoms with Crippen molar-refractivity contribution in [2.45, 2.75) is 38.3 Å². The molecule has 3 nitrogen and oxygen atoms in total. The van der Waals surface area contributed by atoms with Crippen LogP contribution in [0.15, 0.2) is 0 Å². The van der Waals surface area contributed by atoms with Gasteiger partial charge in [-0.25, -0.2) is 0 Å². The summed E-state index contributed by atoms with van der Waals surface area (Å²) in [6, 6.07) is 0.0519.